The largest absolute Gasteiger partial charge is 0.352 e. The summed E-state index contributed by atoms with van der Waals surface area (Å²) in [6.07, 6.45) is 6.46. The highest BCUT2D eigenvalue weighted by atomic mass is 32.2. The Balaban J connectivity index is 1.56. The molecule has 2 N–H and O–H groups in total. The van der Waals surface area contributed by atoms with Crippen molar-refractivity contribution in [3.05, 3.63) is 53.6 Å². The van der Waals surface area contributed by atoms with Crippen LogP contribution >= 0.6 is 0 Å². The quantitative estimate of drug-likeness (QED) is 0.692. The van der Waals surface area contributed by atoms with Gasteiger partial charge in [-0.05, 0) is 49.6 Å². The topological polar surface area (TPSA) is 105 Å². The van der Waals surface area contributed by atoms with Crippen molar-refractivity contribution in [2.24, 2.45) is 10.9 Å². The summed E-state index contributed by atoms with van der Waals surface area (Å²) in [7, 11) is -3.91. The van der Waals surface area contributed by atoms with Crippen LogP contribution in [-0.4, -0.2) is 32.4 Å². The number of nitrogens with zero attached hydrogens (tertiary/aromatic N) is 1. The second kappa shape index (κ2) is 8.63. The van der Waals surface area contributed by atoms with Gasteiger partial charge in [0.15, 0.2) is 5.78 Å². The number of carbonyl (C=O) groups excluding carboxylic acids is 2. The first-order chi connectivity index (χ1) is 14.8. The van der Waals surface area contributed by atoms with Gasteiger partial charge < -0.3 is 5.32 Å². The van der Waals surface area contributed by atoms with Gasteiger partial charge >= 0.3 is 0 Å². The molecule has 31 heavy (non-hydrogen) atoms. The zero-order chi connectivity index (χ0) is 22.0. The smallest absolute Gasteiger partial charge is 0.261 e. The van der Waals surface area contributed by atoms with Crippen LogP contribution in [0.3, 0.4) is 0 Å². The minimum absolute atomic E-state index is 0.0496. The Bertz CT molecular complexity index is 1150. The first kappa shape index (κ1) is 21.2. The molecular formula is C23H25N3O4S. The Hall–Kier alpha value is -3.00. The third-order valence-electron chi connectivity index (χ3n) is 5.81. The number of fused-ring (bicyclic) bond motifs is 1. The molecule has 2 aliphatic rings. The lowest BCUT2D eigenvalue weighted by Gasteiger charge is -2.25. The predicted molar refractivity (Wildman–Crippen MR) is 119 cm³/mol. The number of anilines is 1. The number of Topliss-reactive ketones (excluding diaryl/α,β-unsaturated/α-hetero) is 1. The van der Waals surface area contributed by atoms with Crippen LogP contribution in [0, 0.1) is 12.8 Å². The molecule has 1 aliphatic carbocycles. The molecule has 1 unspecified atom stereocenters. The lowest BCUT2D eigenvalue weighted by molar-refractivity contribution is -0.122. The molecule has 2 aromatic carbocycles. The SMILES string of the molecule is Cc1ccccc1NS(=O)(=O)c1ccc2c(c1)C(=O)C(C(=O)NC1CCCCC1)C=N2. The molecule has 0 bridgehead atoms. The molecular weight excluding hydrogens is 414 g/mol. The lowest BCUT2D eigenvalue weighted by Crippen LogP contribution is -2.43. The van der Waals surface area contributed by atoms with Crippen LogP contribution in [-0.2, 0) is 14.8 Å². The summed E-state index contributed by atoms with van der Waals surface area (Å²) in [5.41, 5.74) is 1.75. The summed E-state index contributed by atoms with van der Waals surface area (Å²) < 4.78 is 28.3. The van der Waals surface area contributed by atoms with Crippen molar-refractivity contribution in [1.82, 2.24) is 5.32 Å². The highest BCUT2D eigenvalue weighted by Gasteiger charge is 2.33. The molecule has 4 rings (SSSR count). The number of hydrogen-bond donors (Lipinski definition) is 2. The Morgan fingerprint density at radius 2 is 1.81 bits per heavy atom. The van der Waals surface area contributed by atoms with E-state index < -0.39 is 21.7 Å². The Morgan fingerprint density at radius 1 is 1.06 bits per heavy atom. The van der Waals surface area contributed by atoms with Gasteiger partial charge in [0.05, 0.1) is 16.3 Å². The molecule has 0 saturated heterocycles. The van der Waals surface area contributed by atoms with Crippen LogP contribution in [0.1, 0.15) is 48.0 Å². The van der Waals surface area contributed by atoms with Gasteiger partial charge in [0, 0.05) is 17.8 Å². The van der Waals surface area contributed by atoms with Crippen molar-refractivity contribution in [3.8, 4) is 0 Å². The summed E-state index contributed by atoms with van der Waals surface area (Å²) in [4.78, 5) is 29.9. The molecule has 0 aromatic heterocycles. The Labute approximate surface area is 182 Å². The second-order valence-corrected chi connectivity index (χ2v) is 9.75. The van der Waals surface area contributed by atoms with Gasteiger partial charge in [0.1, 0.15) is 5.92 Å². The van der Waals surface area contributed by atoms with E-state index in [0.717, 1.165) is 37.7 Å². The zero-order valence-corrected chi connectivity index (χ0v) is 18.1. The molecule has 1 saturated carbocycles. The van der Waals surface area contributed by atoms with E-state index >= 15 is 0 Å². The number of carbonyl (C=O) groups is 2. The van der Waals surface area contributed by atoms with Crippen molar-refractivity contribution in [1.29, 1.82) is 0 Å². The number of benzene rings is 2. The van der Waals surface area contributed by atoms with Gasteiger partial charge in [-0.3, -0.25) is 19.3 Å². The number of nitrogens with one attached hydrogen (secondary N) is 2. The van der Waals surface area contributed by atoms with Crippen molar-refractivity contribution in [2.75, 3.05) is 4.72 Å². The molecule has 1 fully saturated rings. The van der Waals surface area contributed by atoms with Crippen LogP contribution in [0.25, 0.3) is 0 Å². The maximum atomic E-state index is 13.0. The molecule has 1 atom stereocenters. The number of aryl methyl sites for hydroxylation is 1. The summed E-state index contributed by atoms with van der Waals surface area (Å²) in [6.45, 7) is 1.80. The third kappa shape index (κ3) is 4.54. The maximum Gasteiger partial charge on any atom is 0.261 e. The normalized spacial score (nSPS) is 19.0. The van der Waals surface area contributed by atoms with Gasteiger partial charge in [0.25, 0.3) is 10.0 Å². The maximum absolute atomic E-state index is 13.0. The van der Waals surface area contributed by atoms with Crippen molar-refractivity contribution in [3.63, 3.8) is 0 Å². The Morgan fingerprint density at radius 3 is 2.55 bits per heavy atom. The molecule has 162 valence electrons. The van der Waals surface area contributed by atoms with Crippen molar-refractivity contribution in [2.45, 2.75) is 50.0 Å². The van der Waals surface area contributed by atoms with Crippen molar-refractivity contribution < 1.29 is 18.0 Å². The zero-order valence-electron chi connectivity index (χ0n) is 17.3. The number of para-hydroxylation sites is 1. The molecule has 1 heterocycles. The average Bonchev–Trinajstić information content (AvgIpc) is 2.76. The van der Waals surface area contributed by atoms with E-state index in [9.17, 15) is 18.0 Å². The fraction of sp³-hybridized carbons (Fsp3) is 0.348. The van der Waals surface area contributed by atoms with Crippen LogP contribution in [0.5, 0.6) is 0 Å². The van der Waals surface area contributed by atoms with Crippen LogP contribution in [0.4, 0.5) is 11.4 Å². The van der Waals surface area contributed by atoms with E-state index in [1.807, 2.05) is 6.07 Å². The molecule has 8 heteroatoms. The summed E-state index contributed by atoms with van der Waals surface area (Å²) in [5.74, 6) is -1.86. The number of amides is 1. The fourth-order valence-electron chi connectivity index (χ4n) is 4.00. The number of sulfonamides is 1. The van der Waals surface area contributed by atoms with Crippen molar-refractivity contribution >= 4 is 39.3 Å². The number of rotatable bonds is 5. The standard InChI is InChI=1S/C23H25N3O4S/c1-15-7-5-6-10-20(15)26-31(29,30)17-11-12-21-18(13-17)22(27)19(14-24-21)23(28)25-16-8-3-2-4-9-16/h5-7,10-14,16,19,26H,2-4,8-9H2,1H3,(H,25,28). The predicted octanol–water partition coefficient (Wildman–Crippen LogP) is 3.76. The minimum Gasteiger partial charge on any atom is -0.352 e. The van der Waals surface area contributed by atoms with E-state index in [2.05, 4.69) is 15.0 Å². The lowest BCUT2D eigenvalue weighted by atomic mass is 9.91. The highest BCUT2D eigenvalue weighted by Crippen LogP contribution is 2.30. The Kier molecular flexibility index (Phi) is 5.91. The summed E-state index contributed by atoms with van der Waals surface area (Å²) in [6, 6.07) is 11.3. The van der Waals surface area contributed by atoms with E-state index in [1.54, 1.807) is 25.1 Å². The van der Waals surface area contributed by atoms with Crippen LogP contribution in [0.2, 0.25) is 0 Å². The molecule has 7 nitrogen and oxygen atoms in total. The minimum atomic E-state index is -3.91. The van der Waals surface area contributed by atoms with Gasteiger partial charge in [0.2, 0.25) is 5.91 Å². The van der Waals surface area contributed by atoms with Gasteiger partial charge in [-0.1, -0.05) is 37.5 Å². The average molecular weight is 440 g/mol. The highest BCUT2D eigenvalue weighted by molar-refractivity contribution is 7.92. The molecule has 0 spiro atoms. The number of ketones is 1. The summed E-state index contributed by atoms with van der Waals surface area (Å²) in [5, 5.41) is 2.95. The van der Waals surface area contributed by atoms with Gasteiger partial charge in [-0.25, -0.2) is 8.42 Å². The van der Waals surface area contributed by atoms with E-state index in [0.29, 0.717) is 11.4 Å². The second-order valence-electron chi connectivity index (χ2n) is 8.06. The van der Waals surface area contributed by atoms with E-state index in [1.165, 1.54) is 24.4 Å². The third-order valence-corrected chi connectivity index (χ3v) is 7.18. The molecule has 2 aromatic rings. The van der Waals surface area contributed by atoms with E-state index in [4.69, 9.17) is 0 Å². The first-order valence-electron chi connectivity index (χ1n) is 10.5. The number of hydrogen-bond acceptors (Lipinski definition) is 5. The molecule has 1 amide bonds. The number of aliphatic imine (C=N–C) groups is 1. The van der Waals surface area contributed by atoms with Crippen LogP contribution in [0.15, 0.2) is 52.4 Å². The molecule has 1 aliphatic heterocycles. The first-order valence-corrected chi connectivity index (χ1v) is 11.9. The molecule has 0 radical (unpaired) electrons. The van der Waals surface area contributed by atoms with Crippen LogP contribution < -0.4 is 10.0 Å². The summed E-state index contributed by atoms with van der Waals surface area (Å²) >= 11 is 0. The fourth-order valence-corrected chi connectivity index (χ4v) is 5.15. The van der Waals surface area contributed by atoms with Gasteiger partial charge in [-0.2, -0.15) is 0 Å². The monoisotopic (exact) mass is 439 g/mol. The van der Waals surface area contributed by atoms with Gasteiger partial charge in [-0.15, -0.1) is 0 Å². The van der Waals surface area contributed by atoms with E-state index in [-0.39, 0.29) is 22.4 Å².